The molecule has 0 saturated heterocycles. The van der Waals surface area contributed by atoms with Crippen molar-refractivity contribution < 1.29 is 8.74 Å². The quantitative estimate of drug-likeness (QED) is 0.683. The Morgan fingerprint density at radius 3 is 1.80 bits per heavy atom. The molecule has 0 aliphatic carbocycles. The summed E-state index contributed by atoms with van der Waals surface area (Å²) >= 11 is 0. The maximum Gasteiger partial charge on any atom is 0.0761 e. The lowest BCUT2D eigenvalue weighted by atomic mass is 9.99. The second-order valence-corrected chi connectivity index (χ2v) is 6.60. The largest absolute Gasteiger partial charge is 0.300 e. The van der Waals surface area contributed by atoms with Gasteiger partial charge in [-0.05, 0) is 5.41 Å². The summed E-state index contributed by atoms with van der Waals surface area (Å²) in [4.78, 5) is 0. The molecule has 0 bridgehead atoms. The molecule has 0 fully saturated rings. The number of rotatable bonds is 2. The Kier molecular flexibility index (Phi) is 3.20. The molecule has 0 spiro atoms. The summed E-state index contributed by atoms with van der Waals surface area (Å²) in [6, 6.07) is 0. The smallest absolute Gasteiger partial charge is 0.0761 e. The summed E-state index contributed by atoms with van der Waals surface area (Å²) in [6.07, 6.45) is 3.44. The molecule has 2 nitrogen and oxygen atoms in total. The van der Waals surface area contributed by atoms with Crippen LogP contribution in [-0.2, 0) is 4.18 Å². The fourth-order valence-electron chi connectivity index (χ4n) is 0.321. The summed E-state index contributed by atoms with van der Waals surface area (Å²) in [5.74, 6) is 0. The van der Waals surface area contributed by atoms with E-state index in [0.717, 1.165) is 0 Å². The average Bonchev–Trinajstić information content (AvgIpc) is 1.57. The molecule has 0 aromatic heterocycles. The molecule has 0 saturated carbocycles. The molecule has 0 aliphatic rings. The van der Waals surface area contributed by atoms with Gasteiger partial charge in [-0.1, -0.05) is 20.8 Å². The van der Waals surface area contributed by atoms with Crippen molar-refractivity contribution >= 4 is 10.6 Å². The first-order valence-electron chi connectivity index (χ1n) is 3.31. The number of hydrogen-bond acceptors (Lipinski definition) is 2. The first-order valence-corrected chi connectivity index (χ1v) is 5.64. The lowest BCUT2D eigenvalue weighted by Gasteiger charge is -2.32. The molecule has 0 radical (unpaired) electrons. The van der Waals surface area contributed by atoms with Crippen molar-refractivity contribution in [2.24, 2.45) is 5.41 Å². The summed E-state index contributed by atoms with van der Waals surface area (Å²) in [6.45, 7) is 6.86. The summed E-state index contributed by atoms with van der Waals surface area (Å²) < 4.78 is 14.5. The van der Waals surface area contributed by atoms with Gasteiger partial charge in [-0.25, -0.2) is 0 Å². The second kappa shape index (κ2) is 3.11. The van der Waals surface area contributed by atoms with Crippen LogP contribution >= 0.6 is 10.6 Å². The minimum absolute atomic E-state index is 0.146. The first kappa shape index (κ1) is 10.3. The van der Waals surface area contributed by atoms with Crippen LogP contribution in [0.3, 0.4) is 0 Å². The summed E-state index contributed by atoms with van der Waals surface area (Å²) in [7, 11) is -1.76. The van der Waals surface area contributed by atoms with Crippen molar-refractivity contribution in [3.63, 3.8) is 0 Å². The highest BCUT2D eigenvalue weighted by Gasteiger charge is 2.13. The highest BCUT2D eigenvalue weighted by Crippen LogP contribution is 2.37. The molecule has 64 valence electrons. The van der Waals surface area contributed by atoms with Gasteiger partial charge >= 0.3 is 0 Å². The van der Waals surface area contributed by atoms with Crippen LogP contribution in [-0.4, -0.2) is 23.7 Å². The van der Waals surface area contributed by atoms with E-state index in [1.54, 1.807) is 12.5 Å². The lowest BCUT2D eigenvalue weighted by Crippen LogP contribution is -2.15. The van der Waals surface area contributed by atoms with E-state index in [-0.39, 0.29) is 5.41 Å². The molecular weight excluding hydrogens is 148 g/mol. The Morgan fingerprint density at radius 1 is 1.30 bits per heavy atom. The summed E-state index contributed by atoms with van der Waals surface area (Å²) in [5, 5.41) is 0. The van der Waals surface area contributed by atoms with Gasteiger partial charge in [0.25, 0.3) is 0 Å². The highest BCUT2D eigenvalue weighted by molar-refractivity contribution is 8.23. The van der Waals surface area contributed by atoms with E-state index in [1.807, 2.05) is 0 Å². The molecule has 0 aromatic rings. The minimum atomic E-state index is -1.76. The Balaban J connectivity index is 3.56. The monoisotopic (exact) mass is 166 g/mol. The molecule has 10 heavy (non-hydrogen) atoms. The van der Waals surface area contributed by atoms with E-state index in [9.17, 15) is 4.55 Å². The van der Waals surface area contributed by atoms with E-state index in [0.29, 0.717) is 6.61 Å². The highest BCUT2D eigenvalue weighted by atomic mass is 32.3. The van der Waals surface area contributed by atoms with Crippen molar-refractivity contribution in [1.82, 2.24) is 0 Å². The van der Waals surface area contributed by atoms with Crippen LogP contribution in [0.2, 0.25) is 0 Å². The van der Waals surface area contributed by atoms with E-state index >= 15 is 0 Å². The first-order chi connectivity index (χ1) is 4.21. The molecule has 0 unspecified atom stereocenters. The van der Waals surface area contributed by atoms with E-state index in [4.69, 9.17) is 4.18 Å². The molecule has 0 aliphatic heterocycles. The lowest BCUT2D eigenvalue weighted by molar-refractivity contribution is 0.204. The van der Waals surface area contributed by atoms with Gasteiger partial charge in [-0.2, -0.15) is 10.6 Å². The molecule has 1 N–H and O–H groups in total. The van der Waals surface area contributed by atoms with Crippen LogP contribution < -0.4 is 0 Å². The van der Waals surface area contributed by atoms with E-state index in [1.165, 1.54) is 0 Å². The standard InChI is InChI=1S/C7H18O2S/c1-7(2,3)6-9-10(4,5)8/h8H,6H2,1-5H3. The zero-order valence-corrected chi connectivity index (χ0v) is 8.29. The third-order valence-electron chi connectivity index (χ3n) is 0.780. The van der Waals surface area contributed by atoms with Crippen LogP contribution in [0.1, 0.15) is 20.8 Å². The van der Waals surface area contributed by atoms with Gasteiger partial charge in [-0.15, -0.1) is 0 Å². The molecule has 3 heteroatoms. The second-order valence-electron chi connectivity index (χ2n) is 4.00. The number of hydrogen-bond donors (Lipinski definition) is 1. The van der Waals surface area contributed by atoms with Crippen molar-refractivity contribution in [2.45, 2.75) is 20.8 Å². The molecule has 0 rings (SSSR count). The van der Waals surface area contributed by atoms with Gasteiger partial charge in [0, 0.05) is 12.5 Å². The molecule has 0 amide bonds. The normalized spacial score (nSPS) is 15.4. The van der Waals surface area contributed by atoms with Gasteiger partial charge < -0.3 is 0 Å². The van der Waals surface area contributed by atoms with Crippen molar-refractivity contribution in [3.05, 3.63) is 0 Å². The molecule has 0 heterocycles. The van der Waals surface area contributed by atoms with Gasteiger partial charge in [-0.3, -0.25) is 8.74 Å². The Bertz CT molecular complexity index is 85.2. The molecular formula is C7H18O2S. The predicted octanol–water partition coefficient (Wildman–Crippen LogP) is 2.50. The third kappa shape index (κ3) is 8.27. The molecule has 0 aromatic carbocycles. The average molecular weight is 166 g/mol. The maximum atomic E-state index is 9.24. The van der Waals surface area contributed by atoms with Crippen LogP contribution in [0.25, 0.3) is 0 Å². The van der Waals surface area contributed by atoms with Gasteiger partial charge in [0.2, 0.25) is 0 Å². The topological polar surface area (TPSA) is 29.5 Å². The Hall–Kier alpha value is 0.270. The van der Waals surface area contributed by atoms with Crippen LogP contribution in [0, 0.1) is 5.41 Å². The van der Waals surface area contributed by atoms with Crippen molar-refractivity contribution in [2.75, 3.05) is 19.1 Å². The minimum Gasteiger partial charge on any atom is -0.300 e. The fraction of sp³-hybridized carbons (Fsp3) is 1.00. The van der Waals surface area contributed by atoms with Gasteiger partial charge in [0.05, 0.1) is 6.61 Å². The third-order valence-corrected chi connectivity index (χ3v) is 1.48. The van der Waals surface area contributed by atoms with Crippen molar-refractivity contribution in [1.29, 1.82) is 0 Å². The zero-order valence-electron chi connectivity index (χ0n) is 7.47. The summed E-state index contributed by atoms with van der Waals surface area (Å²) in [5.41, 5.74) is 0.146. The molecule has 0 atom stereocenters. The van der Waals surface area contributed by atoms with E-state index in [2.05, 4.69) is 20.8 Å². The van der Waals surface area contributed by atoms with Gasteiger partial charge in [0.15, 0.2) is 0 Å². The maximum absolute atomic E-state index is 9.24. The fourth-order valence-corrected chi connectivity index (χ4v) is 0.963. The van der Waals surface area contributed by atoms with Crippen LogP contribution in [0.15, 0.2) is 0 Å². The van der Waals surface area contributed by atoms with E-state index < -0.39 is 10.6 Å². The van der Waals surface area contributed by atoms with Crippen LogP contribution in [0.5, 0.6) is 0 Å². The van der Waals surface area contributed by atoms with Crippen LogP contribution in [0.4, 0.5) is 0 Å². The van der Waals surface area contributed by atoms with Crippen molar-refractivity contribution in [3.8, 4) is 0 Å². The van der Waals surface area contributed by atoms with Gasteiger partial charge in [0.1, 0.15) is 0 Å². The predicted molar refractivity (Wildman–Crippen MR) is 47.5 cm³/mol. The Morgan fingerprint density at radius 2 is 1.70 bits per heavy atom. The zero-order chi connectivity index (χ0) is 8.41. The SMILES string of the molecule is CC(C)(C)COS(C)(C)O. The Labute approximate surface area is 65.3 Å².